The van der Waals surface area contributed by atoms with E-state index in [1.165, 1.54) is 0 Å². The number of hydrogen-bond acceptors (Lipinski definition) is 2. The molecule has 0 spiro atoms. The molecule has 0 heterocycles. The van der Waals surface area contributed by atoms with Crippen molar-refractivity contribution in [1.82, 2.24) is 0 Å². The normalized spacial score (nSPS) is 13.7. The molecule has 20 heavy (non-hydrogen) atoms. The molecule has 0 amide bonds. The zero-order valence-electron chi connectivity index (χ0n) is 11.4. The highest BCUT2D eigenvalue weighted by molar-refractivity contribution is 5.76. The number of benzene rings is 2. The lowest BCUT2D eigenvalue weighted by atomic mass is 10.0. The van der Waals surface area contributed by atoms with Crippen molar-refractivity contribution in [3.8, 4) is 0 Å². The predicted octanol–water partition coefficient (Wildman–Crippen LogP) is 3.63. The summed E-state index contributed by atoms with van der Waals surface area (Å²) in [6, 6.07) is 19.0. The number of carbonyl (C=O) groups is 1. The largest absolute Gasteiger partial charge is 0.481 e. The van der Waals surface area contributed by atoms with Crippen molar-refractivity contribution in [3.05, 3.63) is 71.8 Å². The fraction of sp³-hybridized carbons (Fsp3) is 0.235. The summed E-state index contributed by atoms with van der Waals surface area (Å²) in [5.74, 6) is -1.50. The molecule has 2 unspecified atom stereocenters. The molecule has 1 N–H and O–H groups in total. The third-order valence-corrected chi connectivity index (χ3v) is 3.28. The quantitative estimate of drug-likeness (QED) is 0.871. The van der Waals surface area contributed by atoms with E-state index in [-0.39, 0.29) is 12.7 Å². The van der Waals surface area contributed by atoms with Crippen molar-refractivity contribution in [2.75, 3.05) is 6.61 Å². The standard InChI is InChI=1S/C17H18O3/c1-13(14-8-4-2-5-9-14)20-12-16(17(18)19)15-10-6-3-7-11-15/h2-11,13,16H,12H2,1H3,(H,18,19). The van der Waals surface area contributed by atoms with E-state index >= 15 is 0 Å². The number of carboxylic acids is 1. The van der Waals surface area contributed by atoms with Crippen LogP contribution in [-0.2, 0) is 9.53 Å². The second-order valence-electron chi connectivity index (χ2n) is 4.69. The summed E-state index contributed by atoms with van der Waals surface area (Å²) in [7, 11) is 0. The van der Waals surface area contributed by atoms with Crippen LogP contribution in [0.4, 0.5) is 0 Å². The summed E-state index contributed by atoms with van der Waals surface area (Å²) < 4.78 is 5.73. The first-order valence-corrected chi connectivity index (χ1v) is 6.63. The Labute approximate surface area is 118 Å². The molecule has 3 heteroatoms. The first kappa shape index (κ1) is 14.3. The van der Waals surface area contributed by atoms with Crippen molar-refractivity contribution in [2.45, 2.75) is 18.9 Å². The highest BCUT2D eigenvalue weighted by Gasteiger charge is 2.21. The highest BCUT2D eigenvalue weighted by Crippen LogP contribution is 2.21. The lowest BCUT2D eigenvalue weighted by Gasteiger charge is -2.18. The molecule has 0 saturated heterocycles. The monoisotopic (exact) mass is 270 g/mol. The molecule has 0 aromatic heterocycles. The van der Waals surface area contributed by atoms with Crippen LogP contribution >= 0.6 is 0 Å². The Morgan fingerprint density at radius 2 is 1.50 bits per heavy atom. The van der Waals surface area contributed by atoms with E-state index in [1.807, 2.05) is 67.6 Å². The number of carboxylic acid groups (broad SMARTS) is 1. The summed E-state index contributed by atoms with van der Waals surface area (Å²) in [6.45, 7) is 2.09. The van der Waals surface area contributed by atoms with Crippen LogP contribution in [0, 0.1) is 0 Å². The Morgan fingerprint density at radius 1 is 1.00 bits per heavy atom. The molecule has 2 aromatic carbocycles. The number of hydrogen-bond donors (Lipinski definition) is 1. The summed E-state index contributed by atoms with van der Waals surface area (Å²) in [5, 5.41) is 9.33. The second-order valence-corrected chi connectivity index (χ2v) is 4.69. The van der Waals surface area contributed by atoms with Gasteiger partial charge in [-0.2, -0.15) is 0 Å². The van der Waals surface area contributed by atoms with Gasteiger partial charge in [0.2, 0.25) is 0 Å². The van der Waals surface area contributed by atoms with Crippen LogP contribution in [0.25, 0.3) is 0 Å². The van der Waals surface area contributed by atoms with Gasteiger partial charge in [-0.25, -0.2) is 0 Å². The van der Waals surface area contributed by atoms with Crippen molar-refractivity contribution < 1.29 is 14.6 Å². The van der Waals surface area contributed by atoms with Crippen LogP contribution in [0.15, 0.2) is 60.7 Å². The molecule has 0 aliphatic heterocycles. The molecule has 3 nitrogen and oxygen atoms in total. The van der Waals surface area contributed by atoms with Gasteiger partial charge in [-0.3, -0.25) is 4.79 Å². The van der Waals surface area contributed by atoms with Crippen LogP contribution in [0.1, 0.15) is 30.1 Å². The number of aliphatic carboxylic acids is 1. The maximum Gasteiger partial charge on any atom is 0.313 e. The van der Waals surface area contributed by atoms with E-state index in [0.29, 0.717) is 0 Å². The molecule has 2 aromatic rings. The fourth-order valence-electron chi connectivity index (χ4n) is 2.06. The fourth-order valence-corrected chi connectivity index (χ4v) is 2.06. The minimum atomic E-state index is -0.864. The van der Waals surface area contributed by atoms with Crippen LogP contribution in [0.3, 0.4) is 0 Å². The average Bonchev–Trinajstić information content (AvgIpc) is 2.49. The van der Waals surface area contributed by atoms with Gasteiger partial charge < -0.3 is 9.84 Å². The number of rotatable bonds is 6. The molecule has 0 aliphatic rings. The molecule has 2 rings (SSSR count). The minimum Gasteiger partial charge on any atom is -0.481 e. The lowest BCUT2D eigenvalue weighted by molar-refractivity contribution is -0.140. The Morgan fingerprint density at radius 3 is 2.00 bits per heavy atom. The van der Waals surface area contributed by atoms with Crippen molar-refractivity contribution in [2.24, 2.45) is 0 Å². The zero-order chi connectivity index (χ0) is 14.4. The first-order chi connectivity index (χ1) is 9.68. The van der Waals surface area contributed by atoms with Gasteiger partial charge >= 0.3 is 5.97 Å². The smallest absolute Gasteiger partial charge is 0.313 e. The van der Waals surface area contributed by atoms with Crippen molar-refractivity contribution in [3.63, 3.8) is 0 Å². The topological polar surface area (TPSA) is 46.5 Å². The highest BCUT2D eigenvalue weighted by atomic mass is 16.5. The van der Waals surface area contributed by atoms with E-state index in [0.717, 1.165) is 11.1 Å². The molecule has 104 valence electrons. The van der Waals surface area contributed by atoms with Gasteiger partial charge in [-0.1, -0.05) is 60.7 Å². The van der Waals surface area contributed by atoms with Crippen LogP contribution in [0.2, 0.25) is 0 Å². The van der Waals surface area contributed by atoms with E-state index in [1.54, 1.807) is 0 Å². The molecule has 0 radical (unpaired) electrons. The third kappa shape index (κ3) is 3.68. The first-order valence-electron chi connectivity index (χ1n) is 6.63. The van der Waals surface area contributed by atoms with Crippen LogP contribution in [-0.4, -0.2) is 17.7 Å². The summed E-state index contributed by atoms with van der Waals surface area (Å²) in [6.07, 6.45) is -0.123. The molecule has 0 saturated carbocycles. The van der Waals surface area contributed by atoms with Gasteiger partial charge in [0.25, 0.3) is 0 Å². The maximum absolute atomic E-state index is 11.4. The Balaban J connectivity index is 2.02. The van der Waals surface area contributed by atoms with E-state index in [2.05, 4.69) is 0 Å². The lowest BCUT2D eigenvalue weighted by Crippen LogP contribution is -2.18. The van der Waals surface area contributed by atoms with E-state index in [9.17, 15) is 9.90 Å². The van der Waals surface area contributed by atoms with Crippen LogP contribution < -0.4 is 0 Å². The Bertz CT molecular complexity index is 537. The minimum absolute atomic E-state index is 0.123. The van der Waals surface area contributed by atoms with Crippen molar-refractivity contribution in [1.29, 1.82) is 0 Å². The SMILES string of the molecule is CC(OCC(C(=O)O)c1ccccc1)c1ccccc1. The Kier molecular flexibility index (Phi) is 4.91. The summed E-state index contributed by atoms with van der Waals surface area (Å²) in [5.41, 5.74) is 1.81. The molecular weight excluding hydrogens is 252 g/mol. The van der Waals surface area contributed by atoms with E-state index < -0.39 is 11.9 Å². The van der Waals surface area contributed by atoms with Gasteiger partial charge in [0, 0.05) is 0 Å². The summed E-state index contributed by atoms with van der Waals surface area (Å²) >= 11 is 0. The van der Waals surface area contributed by atoms with Crippen molar-refractivity contribution >= 4 is 5.97 Å². The molecule has 2 atom stereocenters. The molecule has 0 aliphatic carbocycles. The van der Waals surface area contributed by atoms with Gasteiger partial charge in [0.05, 0.1) is 12.7 Å². The zero-order valence-corrected chi connectivity index (χ0v) is 11.4. The van der Waals surface area contributed by atoms with Gasteiger partial charge in [-0.05, 0) is 18.1 Å². The third-order valence-electron chi connectivity index (χ3n) is 3.28. The van der Waals surface area contributed by atoms with Gasteiger partial charge in [-0.15, -0.1) is 0 Å². The Hall–Kier alpha value is -2.13. The maximum atomic E-state index is 11.4. The summed E-state index contributed by atoms with van der Waals surface area (Å²) in [4.78, 5) is 11.4. The molecule has 0 bridgehead atoms. The van der Waals surface area contributed by atoms with Crippen LogP contribution in [0.5, 0.6) is 0 Å². The van der Waals surface area contributed by atoms with E-state index in [4.69, 9.17) is 4.74 Å². The second kappa shape index (κ2) is 6.87. The average molecular weight is 270 g/mol. The number of ether oxygens (including phenoxy) is 1. The van der Waals surface area contributed by atoms with Gasteiger partial charge in [0.15, 0.2) is 0 Å². The molecule has 0 fully saturated rings. The van der Waals surface area contributed by atoms with Gasteiger partial charge in [0.1, 0.15) is 5.92 Å². The predicted molar refractivity (Wildman–Crippen MR) is 77.6 cm³/mol. The molecular formula is C17H18O3.